The monoisotopic (exact) mass is 265 g/mol. The Bertz CT molecular complexity index is 451. The van der Waals surface area contributed by atoms with Gasteiger partial charge in [0.25, 0.3) is 0 Å². The van der Waals surface area contributed by atoms with Crippen molar-refractivity contribution < 1.29 is 0 Å². The normalized spacial score (nSPS) is 20.4. The Morgan fingerprint density at radius 2 is 1.78 bits per heavy atom. The lowest BCUT2D eigenvalue weighted by Gasteiger charge is -2.27. The molecule has 0 radical (unpaired) electrons. The highest BCUT2D eigenvalue weighted by molar-refractivity contribution is 6.30. The molecule has 98 valence electrons. The van der Waals surface area contributed by atoms with E-state index >= 15 is 0 Å². The second kappa shape index (κ2) is 4.69. The highest BCUT2D eigenvalue weighted by Crippen LogP contribution is 2.40. The van der Waals surface area contributed by atoms with Crippen LogP contribution in [0.4, 0.5) is 5.82 Å². The van der Waals surface area contributed by atoms with E-state index in [-0.39, 0.29) is 0 Å². The van der Waals surface area contributed by atoms with E-state index in [4.69, 9.17) is 16.6 Å². The molecule has 0 atom stereocenters. The molecule has 4 heteroatoms. The third-order valence-electron chi connectivity index (χ3n) is 4.23. The van der Waals surface area contributed by atoms with Gasteiger partial charge in [0.2, 0.25) is 0 Å². The van der Waals surface area contributed by atoms with Gasteiger partial charge in [-0.25, -0.2) is 9.97 Å². The average molecular weight is 266 g/mol. The summed E-state index contributed by atoms with van der Waals surface area (Å²) in [5.41, 5.74) is 1.02. The number of halogens is 1. The fourth-order valence-corrected chi connectivity index (χ4v) is 3.00. The predicted octanol–water partition coefficient (Wildman–Crippen LogP) is 3.69. The van der Waals surface area contributed by atoms with Crippen molar-refractivity contribution in [1.82, 2.24) is 9.97 Å². The Morgan fingerprint density at radius 1 is 1.11 bits per heavy atom. The maximum atomic E-state index is 6.26. The van der Waals surface area contributed by atoms with Crippen LogP contribution >= 0.6 is 11.6 Å². The molecule has 0 spiro atoms. The van der Waals surface area contributed by atoms with Gasteiger partial charge in [0, 0.05) is 24.6 Å². The Morgan fingerprint density at radius 3 is 2.39 bits per heavy atom. The first-order chi connectivity index (χ1) is 8.66. The number of hydrogen-bond donors (Lipinski definition) is 0. The van der Waals surface area contributed by atoms with Crippen LogP contribution in [0.1, 0.15) is 55.8 Å². The van der Waals surface area contributed by atoms with Crippen molar-refractivity contribution in [3.05, 3.63) is 16.5 Å². The fourth-order valence-electron chi connectivity index (χ4n) is 2.83. The molecule has 1 heterocycles. The lowest BCUT2D eigenvalue weighted by Crippen LogP contribution is -2.30. The van der Waals surface area contributed by atoms with Crippen molar-refractivity contribution >= 4 is 17.4 Å². The van der Waals surface area contributed by atoms with Gasteiger partial charge in [-0.15, -0.1) is 0 Å². The molecule has 18 heavy (non-hydrogen) atoms. The quantitative estimate of drug-likeness (QED) is 0.781. The van der Waals surface area contributed by atoms with Gasteiger partial charge in [-0.3, -0.25) is 0 Å². The van der Waals surface area contributed by atoms with Gasteiger partial charge < -0.3 is 4.90 Å². The van der Waals surface area contributed by atoms with Crippen LogP contribution in [0.5, 0.6) is 0 Å². The molecule has 0 unspecified atom stereocenters. The minimum absolute atomic E-state index is 0.554. The summed E-state index contributed by atoms with van der Waals surface area (Å²) in [6, 6.07) is 0.627. The highest BCUT2D eigenvalue weighted by Gasteiger charge is 2.29. The van der Waals surface area contributed by atoms with Crippen molar-refractivity contribution in [1.29, 1.82) is 0 Å². The molecule has 0 bridgehead atoms. The zero-order valence-corrected chi connectivity index (χ0v) is 11.9. The maximum absolute atomic E-state index is 6.26. The van der Waals surface area contributed by atoms with E-state index < -0.39 is 0 Å². The van der Waals surface area contributed by atoms with Crippen molar-refractivity contribution in [2.45, 2.75) is 57.4 Å². The second-order valence-electron chi connectivity index (χ2n) is 5.64. The van der Waals surface area contributed by atoms with Gasteiger partial charge in [0.15, 0.2) is 0 Å². The number of anilines is 1. The standard InChI is InChI=1S/C14H20ClN3/c1-9-12(15)16-13(10-7-8-10)17-14(9)18(2)11-5-3-4-6-11/h10-11H,3-8H2,1-2H3. The molecule has 0 amide bonds. The van der Waals surface area contributed by atoms with Gasteiger partial charge in [0.1, 0.15) is 16.8 Å². The predicted molar refractivity (Wildman–Crippen MR) is 74.4 cm³/mol. The molecule has 1 aromatic heterocycles. The zero-order valence-electron chi connectivity index (χ0n) is 11.1. The average Bonchev–Trinajstić information content (AvgIpc) is 3.06. The summed E-state index contributed by atoms with van der Waals surface area (Å²) < 4.78 is 0. The molecule has 1 aromatic rings. The second-order valence-corrected chi connectivity index (χ2v) is 6.00. The summed E-state index contributed by atoms with van der Waals surface area (Å²) in [5, 5.41) is 0.631. The Labute approximate surface area is 114 Å². The molecule has 0 saturated heterocycles. The third kappa shape index (κ3) is 2.20. The smallest absolute Gasteiger partial charge is 0.137 e. The first kappa shape index (κ1) is 12.2. The van der Waals surface area contributed by atoms with Gasteiger partial charge in [-0.2, -0.15) is 0 Å². The summed E-state index contributed by atoms with van der Waals surface area (Å²) in [6.07, 6.45) is 7.65. The van der Waals surface area contributed by atoms with E-state index in [0.717, 1.165) is 17.2 Å². The van der Waals surface area contributed by atoms with Crippen LogP contribution in [0.25, 0.3) is 0 Å². The maximum Gasteiger partial charge on any atom is 0.137 e. The van der Waals surface area contributed by atoms with Gasteiger partial charge >= 0.3 is 0 Å². The van der Waals surface area contributed by atoms with Crippen molar-refractivity contribution in [2.24, 2.45) is 0 Å². The molecule has 2 aliphatic rings. The number of hydrogen-bond acceptors (Lipinski definition) is 3. The van der Waals surface area contributed by atoms with Crippen molar-refractivity contribution in [3.8, 4) is 0 Å². The molecule has 3 nitrogen and oxygen atoms in total. The third-order valence-corrected chi connectivity index (χ3v) is 4.60. The SMILES string of the molecule is Cc1c(Cl)nc(C2CC2)nc1N(C)C1CCCC1. The number of rotatable bonds is 3. The lowest BCUT2D eigenvalue weighted by atomic mass is 10.2. The van der Waals surface area contributed by atoms with Crippen molar-refractivity contribution in [2.75, 3.05) is 11.9 Å². The van der Waals surface area contributed by atoms with Crippen LogP contribution < -0.4 is 4.90 Å². The minimum atomic E-state index is 0.554. The fraction of sp³-hybridized carbons (Fsp3) is 0.714. The first-order valence-corrected chi connectivity index (χ1v) is 7.31. The molecule has 2 saturated carbocycles. The summed E-state index contributed by atoms with van der Waals surface area (Å²) in [5.74, 6) is 2.55. The van der Waals surface area contributed by atoms with Crippen LogP contribution in [0.15, 0.2) is 0 Å². The largest absolute Gasteiger partial charge is 0.356 e. The summed E-state index contributed by atoms with van der Waals surface area (Å²) >= 11 is 6.26. The van der Waals surface area contributed by atoms with Crippen LogP contribution in [-0.2, 0) is 0 Å². The molecule has 0 N–H and O–H groups in total. The highest BCUT2D eigenvalue weighted by atomic mass is 35.5. The van der Waals surface area contributed by atoms with Crippen LogP contribution in [0.3, 0.4) is 0 Å². The van der Waals surface area contributed by atoms with Gasteiger partial charge in [-0.05, 0) is 32.6 Å². The van der Waals surface area contributed by atoms with Gasteiger partial charge in [0.05, 0.1) is 0 Å². The molecular weight excluding hydrogens is 246 g/mol. The topological polar surface area (TPSA) is 29.0 Å². The van der Waals surface area contributed by atoms with Crippen LogP contribution in [0, 0.1) is 6.92 Å². The number of aromatic nitrogens is 2. The van der Waals surface area contributed by atoms with Crippen LogP contribution in [-0.4, -0.2) is 23.1 Å². The van der Waals surface area contributed by atoms with E-state index in [1.165, 1.54) is 38.5 Å². The summed E-state index contributed by atoms with van der Waals surface area (Å²) in [7, 11) is 2.15. The minimum Gasteiger partial charge on any atom is -0.356 e. The first-order valence-electron chi connectivity index (χ1n) is 6.93. The molecule has 0 aliphatic heterocycles. The summed E-state index contributed by atoms with van der Waals surface area (Å²) in [6.45, 7) is 2.03. The summed E-state index contributed by atoms with van der Waals surface area (Å²) in [4.78, 5) is 11.5. The van der Waals surface area contributed by atoms with Crippen LogP contribution in [0.2, 0.25) is 5.15 Å². The van der Waals surface area contributed by atoms with E-state index in [1.54, 1.807) is 0 Å². The Kier molecular flexibility index (Phi) is 3.18. The van der Waals surface area contributed by atoms with E-state index in [1.807, 2.05) is 6.92 Å². The Balaban J connectivity index is 1.93. The van der Waals surface area contributed by atoms with E-state index in [2.05, 4.69) is 16.9 Å². The van der Waals surface area contributed by atoms with E-state index in [9.17, 15) is 0 Å². The van der Waals surface area contributed by atoms with Gasteiger partial charge in [-0.1, -0.05) is 24.4 Å². The lowest BCUT2D eigenvalue weighted by molar-refractivity contribution is 0.641. The molecule has 2 aliphatic carbocycles. The molecule has 2 fully saturated rings. The van der Waals surface area contributed by atoms with Crippen molar-refractivity contribution in [3.63, 3.8) is 0 Å². The molecule has 0 aromatic carbocycles. The molecule has 3 rings (SSSR count). The Hall–Kier alpha value is -0.830. The number of nitrogens with zero attached hydrogens (tertiary/aromatic N) is 3. The van der Waals surface area contributed by atoms with E-state index in [0.29, 0.717) is 17.1 Å². The molecular formula is C14H20ClN3. The zero-order chi connectivity index (χ0) is 12.7.